The van der Waals surface area contributed by atoms with Gasteiger partial charge in [0.25, 0.3) is 0 Å². The van der Waals surface area contributed by atoms with Crippen LogP contribution in [0.3, 0.4) is 0 Å². The lowest BCUT2D eigenvalue weighted by atomic mass is 10.2. The van der Waals surface area contributed by atoms with Crippen molar-refractivity contribution in [1.82, 2.24) is 4.98 Å². The molecule has 0 unspecified atom stereocenters. The van der Waals surface area contributed by atoms with Crippen molar-refractivity contribution < 1.29 is 0 Å². The van der Waals surface area contributed by atoms with Crippen molar-refractivity contribution in [2.45, 2.75) is 13.8 Å². The van der Waals surface area contributed by atoms with Crippen LogP contribution in [0.25, 0.3) is 10.6 Å². The van der Waals surface area contributed by atoms with Crippen molar-refractivity contribution in [3.05, 3.63) is 52.7 Å². The van der Waals surface area contributed by atoms with Crippen molar-refractivity contribution in [3.63, 3.8) is 0 Å². The Balaban J connectivity index is 1.60. The Labute approximate surface area is 150 Å². The molecule has 0 aliphatic carbocycles. The topological polar surface area (TPSA) is 40.5 Å². The number of nitrogens with zero attached hydrogens (tertiary/aromatic N) is 3. The molecule has 124 valence electrons. The zero-order valence-corrected chi connectivity index (χ0v) is 15.4. The number of nitrogens with one attached hydrogen (secondary N) is 1. The van der Waals surface area contributed by atoms with E-state index in [1.165, 1.54) is 10.6 Å². The maximum absolute atomic E-state index is 4.54. The molecule has 24 heavy (non-hydrogen) atoms. The summed E-state index contributed by atoms with van der Waals surface area (Å²) in [5.74, 6) is 0. The zero-order valence-electron chi connectivity index (χ0n) is 13.8. The van der Waals surface area contributed by atoms with Gasteiger partial charge in [-0.3, -0.25) is 5.43 Å². The maximum Gasteiger partial charge on any atom is 0.203 e. The second-order valence-electron chi connectivity index (χ2n) is 5.15. The van der Waals surface area contributed by atoms with Crippen LogP contribution in [-0.4, -0.2) is 24.3 Å². The number of hydrogen-bond donors (Lipinski definition) is 1. The highest BCUT2D eigenvalue weighted by atomic mass is 32.1. The largest absolute Gasteiger partial charge is 0.372 e. The minimum Gasteiger partial charge on any atom is -0.372 e. The van der Waals surface area contributed by atoms with Crippen LogP contribution >= 0.6 is 22.7 Å². The molecule has 0 saturated heterocycles. The summed E-state index contributed by atoms with van der Waals surface area (Å²) in [4.78, 5) is 8.04. The van der Waals surface area contributed by atoms with Crippen LogP contribution in [0.1, 0.15) is 19.4 Å². The van der Waals surface area contributed by atoms with Crippen molar-refractivity contribution >= 4 is 39.7 Å². The van der Waals surface area contributed by atoms with Crippen LogP contribution in [0.15, 0.2) is 52.3 Å². The molecule has 1 aromatic carbocycles. The summed E-state index contributed by atoms with van der Waals surface area (Å²) in [6, 6.07) is 12.5. The van der Waals surface area contributed by atoms with Gasteiger partial charge in [0.1, 0.15) is 0 Å². The first kappa shape index (κ1) is 16.7. The van der Waals surface area contributed by atoms with E-state index in [0.717, 1.165) is 29.5 Å². The molecule has 0 radical (unpaired) electrons. The molecule has 0 saturated carbocycles. The molecular formula is C18H20N4S2. The van der Waals surface area contributed by atoms with Crippen LogP contribution in [0.5, 0.6) is 0 Å². The quantitative estimate of drug-likeness (QED) is 0.469. The van der Waals surface area contributed by atoms with Crippen molar-refractivity contribution in [2.24, 2.45) is 5.10 Å². The van der Waals surface area contributed by atoms with Gasteiger partial charge in [0.2, 0.25) is 5.13 Å². The van der Waals surface area contributed by atoms with E-state index in [4.69, 9.17) is 0 Å². The first-order valence-electron chi connectivity index (χ1n) is 7.93. The highest BCUT2D eigenvalue weighted by Crippen LogP contribution is 2.28. The number of hydrogen-bond acceptors (Lipinski definition) is 6. The molecule has 6 heteroatoms. The van der Waals surface area contributed by atoms with E-state index in [-0.39, 0.29) is 0 Å². The number of benzene rings is 1. The van der Waals surface area contributed by atoms with Crippen molar-refractivity contribution in [2.75, 3.05) is 23.4 Å². The summed E-state index contributed by atoms with van der Waals surface area (Å²) < 4.78 is 0. The van der Waals surface area contributed by atoms with Crippen molar-refractivity contribution in [1.29, 1.82) is 0 Å². The number of thiazole rings is 1. The predicted octanol–water partition coefficient (Wildman–Crippen LogP) is 5.16. The molecule has 0 amide bonds. The van der Waals surface area contributed by atoms with Gasteiger partial charge >= 0.3 is 0 Å². The van der Waals surface area contributed by atoms with E-state index in [1.54, 1.807) is 22.7 Å². The van der Waals surface area contributed by atoms with Crippen LogP contribution in [0.2, 0.25) is 0 Å². The fraction of sp³-hybridized carbons (Fsp3) is 0.222. The normalized spacial score (nSPS) is 11.1. The second-order valence-corrected chi connectivity index (χ2v) is 6.95. The van der Waals surface area contributed by atoms with Gasteiger partial charge in [-0.25, -0.2) is 4.98 Å². The molecule has 0 fully saturated rings. The summed E-state index contributed by atoms with van der Waals surface area (Å²) in [5, 5.41) is 9.19. The van der Waals surface area contributed by atoms with Crippen LogP contribution < -0.4 is 10.3 Å². The SMILES string of the molecule is CCN(CC)c1ccc(/C=N/Nc2nc(-c3cccs3)cs2)cc1. The van der Waals surface area contributed by atoms with Gasteiger partial charge in [0, 0.05) is 24.2 Å². The molecule has 2 aromatic heterocycles. The first-order valence-corrected chi connectivity index (χ1v) is 9.69. The summed E-state index contributed by atoms with van der Waals surface area (Å²) >= 11 is 3.25. The highest BCUT2D eigenvalue weighted by molar-refractivity contribution is 7.15. The lowest BCUT2D eigenvalue weighted by Crippen LogP contribution is -2.21. The highest BCUT2D eigenvalue weighted by Gasteiger charge is 2.04. The second kappa shape index (κ2) is 8.08. The molecular weight excluding hydrogens is 336 g/mol. The van der Waals surface area contributed by atoms with Gasteiger partial charge < -0.3 is 4.90 Å². The minimum absolute atomic E-state index is 0.800. The summed E-state index contributed by atoms with van der Waals surface area (Å²) in [7, 11) is 0. The van der Waals surface area contributed by atoms with Crippen LogP contribution in [0.4, 0.5) is 10.8 Å². The standard InChI is InChI=1S/C18H20N4S2/c1-3-22(4-2)15-9-7-14(8-10-15)12-19-21-18-20-16(13-24-18)17-6-5-11-23-17/h5-13H,3-4H2,1-2H3,(H,20,21)/b19-12+. The van der Waals surface area contributed by atoms with E-state index in [0.29, 0.717) is 0 Å². The molecule has 1 N–H and O–H groups in total. The Morgan fingerprint density at radius 1 is 1.12 bits per heavy atom. The van der Waals surface area contributed by atoms with Gasteiger partial charge in [-0.05, 0) is 43.0 Å². The molecule has 0 aliphatic heterocycles. The minimum atomic E-state index is 0.800. The average molecular weight is 357 g/mol. The zero-order chi connectivity index (χ0) is 16.8. The predicted molar refractivity (Wildman–Crippen MR) is 107 cm³/mol. The summed E-state index contributed by atoms with van der Waals surface area (Å²) in [6.07, 6.45) is 1.82. The number of thiophene rings is 1. The van der Waals surface area contributed by atoms with Crippen LogP contribution in [0, 0.1) is 0 Å². The summed E-state index contributed by atoms with van der Waals surface area (Å²) in [5.41, 5.74) is 6.31. The van der Waals surface area contributed by atoms with E-state index in [2.05, 4.69) is 70.0 Å². The third-order valence-corrected chi connectivity index (χ3v) is 5.31. The number of anilines is 2. The molecule has 0 atom stereocenters. The Hall–Kier alpha value is -2.18. The molecule has 0 spiro atoms. The van der Waals surface area contributed by atoms with E-state index in [1.807, 2.05) is 17.7 Å². The molecule has 3 rings (SSSR count). The third-order valence-electron chi connectivity index (χ3n) is 3.67. The van der Waals surface area contributed by atoms with E-state index >= 15 is 0 Å². The average Bonchev–Trinajstić information content (AvgIpc) is 3.28. The van der Waals surface area contributed by atoms with Gasteiger partial charge in [0.15, 0.2) is 0 Å². The summed E-state index contributed by atoms with van der Waals surface area (Å²) in [6.45, 7) is 6.37. The first-order chi connectivity index (χ1) is 11.8. The molecule has 3 aromatic rings. The number of hydrazone groups is 1. The fourth-order valence-electron chi connectivity index (χ4n) is 2.38. The van der Waals surface area contributed by atoms with Gasteiger partial charge in [0.05, 0.1) is 16.8 Å². The molecule has 4 nitrogen and oxygen atoms in total. The van der Waals surface area contributed by atoms with Crippen LogP contribution in [-0.2, 0) is 0 Å². The maximum atomic E-state index is 4.54. The molecule has 0 aliphatic rings. The fourth-order valence-corrected chi connectivity index (χ4v) is 3.80. The number of aromatic nitrogens is 1. The molecule has 0 bridgehead atoms. The lowest BCUT2D eigenvalue weighted by molar-refractivity contribution is 0.866. The Kier molecular flexibility index (Phi) is 5.61. The monoisotopic (exact) mass is 356 g/mol. The van der Waals surface area contributed by atoms with Crippen molar-refractivity contribution in [3.8, 4) is 10.6 Å². The van der Waals surface area contributed by atoms with E-state index in [9.17, 15) is 0 Å². The van der Waals surface area contributed by atoms with Gasteiger partial charge in [-0.1, -0.05) is 18.2 Å². The Morgan fingerprint density at radius 3 is 2.58 bits per heavy atom. The van der Waals surface area contributed by atoms with E-state index < -0.39 is 0 Å². The van der Waals surface area contributed by atoms with Gasteiger partial charge in [-0.2, -0.15) is 5.10 Å². The third kappa shape index (κ3) is 4.01. The Morgan fingerprint density at radius 2 is 1.92 bits per heavy atom. The Bertz CT molecular complexity index is 772. The lowest BCUT2D eigenvalue weighted by Gasteiger charge is -2.20. The molecule has 2 heterocycles. The smallest absolute Gasteiger partial charge is 0.203 e. The number of rotatable bonds is 7. The van der Waals surface area contributed by atoms with Gasteiger partial charge in [-0.15, -0.1) is 22.7 Å².